The number of hydrogen-bond donors (Lipinski definition) is 4. The van der Waals surface area contributed by atoms with Crippen LogP contribution in [0.2, 0.25) is 0 Å². The van der Waals surface area contributed by atoms with Gasteiger partial charge in [0.25, 0.3) is 11.5 Å². The highest BCUT2D eigenvalue weighted by Crippen LogP contribution is 2.08. The second kappa shape index (κ2) is 5.68. The molecule has 6 nitrogen and oxygen atoms in total. The Bertz CT molecular complexity index is 476. The second-order valence-corrected chi connectivity index (χ2v) is 4.47. The largest absolute Gasteiger partial charge is 0.494 e. The maximum Gasteiger partial charge on any atom is 0.251 e. The minimum atomic E-state index is -0.484. The molecule has 1 saturated heterocycles. The van der Waals surface area contributed by atoms with Crippen molar-refractivity contribution in [2.24, 2.45) is 0 Å². The summed E-state index contributed by atoms with van der Waals surface area (Å²) in [7, 11) is 0. The summed E-state index contributed by atoms with van der Waals surface area (Å²) in [5.41, 5.74) is -0.295. The zero-order valence-corrected chi connectivity index (χ0v) is 10.0. The molecule has 4 N–H and O–H groups in total. The lowest BCUT2D eigenvalue weighted by atomic mass is 10.1. The van der Waals surface area contributed by atoms with Gasteiger partial charge in [0.2, 0.25) is 0 Å². The van der Waals surface area contributed by atoms with Crippen LogP contribution >= 0.6 is 0 Å². The number of carbonyl (C=O) groups excluding carboxylic acids is 1. The van der Waals surface area contributed by atoms with Crippen molar-refractivity contribution in [3.63, 3.8) is 0 Å². The van der Waals surface area contributed by atoms with E-state index in [1.165, 1.54) is 12.1 Å². The van der Waals surface area contributed by atoms with E-state index in [4.69, 9.17) is 0 Å². The van der Waals surface area contributed by atoms with Crippen LogP contribution in [-0.2, 0) is 0 Å². The molecule has 0 radical (unpaired) electrons. The van der Waals surface area contributed by atoms with Gasteiger partial charge < -0.3 is 15.7 Å². The SMILES string of the molecule is O=C(NC1CCCNCC1)c1cc(O)[nH]c(=O)c1. The van der Waals surface area contributed by atoms with Gasteiger partial charge in [-0.15, -0.1) is 0 Å². The summed E-state index contributed by atoms with van der Waals surface area (Å²) in [6.07, 6.45) is 2.82. The van der Waals surface area contributed by atoms with Crippen molar-refractivity contribution in [2.75, 3.05) is 13.1 Å². The van der Waals surface area contributed by atoms with Gasteiger partial charge >= 0.3 is 0 Å². The Kier molecular flexibility index (Phi) is 3.99. The third kappa shape index (κ3) is 3.33. The molecule has 0 aliphatic carbocycles. The Morgan fingerprint density at radius 1 is 1.33 bits per heavy atom. The predicted octanol–water partition coefficient (Wildman–Crippen LogP) is -0.0476. The van der Waals surface area contributed by atoms with E-state index in [9.17, 15) is 14.7 Å². The quantitative estimate of drug-likeness (QED) is 0.593. The smallest absolute Gasteiger partial charge is 0.251 e. The molecule has 18 heavy (non-hydrogen) atoms. The number of rotatable bonds is 2. The molecule has 0 spiro atoms. The number of aromatic nitrogens is 1. The summed E-state index contributed by atoms with van der Waals surface area (Å²) >= 11 is 0. The topological polar surface area (TPSA) is 94.2 Å². The van der Waals surface area contributed by atoms with E-state index < -0.39 is 5.56 Å². The van der Waals surface area contributed by atoms with Crippen LogP contribution in [0.1, 0.15) is 29.6 Å². The van der Waals surface area contributed by atoms with E-state index in [0.29, 0.717) is 0 Å². The molecule has 1 atom stereocenters. The lowest BCUT2D eigenvalue weighted by Gasteiger charge is -2.15. The Morgan fingerprint density at radius 2 is 2.17 bits per heavy atom. The molecule has 1 aliphatic heterocycles. The molecule has 1 fully saturated rings. The first-order valence-corrected chi connectivity index (χ1v) is 6.10. The number of nitrogens with one attached hydrogen (secondary N) is 3. The summed E-state index contributed by atoms with van der Waals surface area (Å²) < 4.78 is 0. The van der Waals surface area contributed by atoms with Gasteiger partial charge in [0.15, 0.2) is 5.88 Å². The fraction of sp³-hybridized carbons (Fsp3) is 0.500. The van der Waals surface area contributed by atoms with Crippen LogP contribution in [0.3, 0.4) is 0 Å². The van der Waals surface area contributed by atoms with Crippen LogP contribution < -0.4 is 16.2 Å². The monoisotopic (exact) mass is 251 g/mol. The summed E-state index contributed by atoms with van der Waals surface area (Å²) in [6.45, 7) is 1.85. The molecule has 1 amide bonds. The molecule has 0 bridgehead atoms. The molecular formula is C12H17N3O3. The number of aromatic hydroxyl groups is 1. The molecule has 1 aromatic rings. The third-order valence-electron chi connectivity index (χ3n) is 3.00. The van der Waals surface area contributed by atoms with E-state index in [0.717, 1.165) is 32.4 Å². The first-order chi connectivity index (χ1) is 8.65. The fourth-order valence-electron chi connectivity index (χ4n) is 2.09. The lowest BCUT2D eigenvalue weighted by Crippen LogP contribution is -2.35. The van der Waals surface area contributed by atoms with Gasteiger partial charge in [-0.3, -0.25) is 14.6 Å². The van der Waals surface area contributed by atoms with Gasteiger partial charge in [0.1, 0.15) is 0 Å². The standard InChI is InChI=1S/C12H17N3O3/c16-10-6-8(7-11(17)15-10)12(18)14-9-2-1-4-13-5-3-9/h6-7,9,13H,1-5H2,(H,14,18)(H2,15,16,17). The van der Waals surface area contributed by atoms with Gasteiger partial charge in [0, 0.05) is 18.2 Å². The van der Waals surface area contributed by atoms with Crippen molar-refractivity contribution in [1.29, 1.82) is 0 Å². The highest BCUT2D eigenvalue weighted by molar-refractivity contribution is 5.94. The Balaban J connectivity index is 2.04. The summed E-state index contributed by atoms with van der Waals surface area (Å²) in [4.78, 5) is 25.3. The Labute approximate surface area is 104 Å². The normalized spacial score (nSPS) is 20.1. The van der Waals surface area contributed by atoms with Gasteiger partial charge in [0.05, 0.1) is 5.56 Å². The third-order valence-corrected chi connectivity index (χ3v) is 3.00. The number of amides is 1. The minimum Gasteiger partial charge on any atom is -0.494 e. The molecule has 0 saturated carbocycles. The van der Waals surface area contributed by atoms with Gasteiger partial charge in [-0.05, 0) is 32.4 Å². The Morgan fingerprint density at radius 3 is 2.94 bits per heavy atom. The Hall–Kier alpha value is -1.82. The highest BCUT2D eigenvalue weighted by Gasteiger charge is 2.16. The lowest BCUT2D eigenvalue weighted by molar-refractivity contribution is 0.0933. The van der Waals surface area contributed by atoms with E-state index in [-0.39, 0.29) is 23.4 Å². The first-order valence-electron chi connectivity index (χ1n) is 6.10. The fourth-order valence-corrected chi connectivity index (χ4v) is 2.09. The van der Waals surface area contributed by atoms with E-state index in [1.54, 1.807) is 0 Å². The number of pyridine rings is 1. The van der Waals surface area contributed by atoms with Crippen molar-refractivity contribution in [2.45, 2.75) is 25.3 Å². The van der Waals surface area contributed by atoms with Crippen LogP contribution in [0, 0.1) is 0 Å². The molecule has 6 heteroatoms. The minimum absolute atomic E-state index is 0.119. The van der Waals surface area contributed by atoms with Crippen molar-refractivity contribution in [3.05, 3.63) is 28.0 Å². The van der Waals surface area contributed by atoms with E-state index in [1.807, 2.05) is 0 Å². The van der Waals surface area contributed by atoms with Crippen LogP contribution in [0.4, 0.5) is 0 Å². The molecule has 0 aromatic carbocycles. The average Bonchev–Trinajstić information content (AvgIpc) is 2.56. The van der Waals surface area contributed by atoms with Crippen LogP contribution in [-0.4, -0.2) is 35.1 Å². The maximum absolute atomic E-state index is 11.9. The van der Waals surface area contributed by atoms with E-state index in [2.05, 4.69) is 15.6 Å². The van der Waals surface area contributed by atoms with Gasteiger partial charge in [-0.1, -0.05) is 0 Å². The highest BCUT2D eigenvalue weighted by atomic mass is 16.3. The van der Waals surface area contributed by atoms with Crippen molar-refractivity contribution in [1.82, 2.24) is 15.6 Å². The first kappa shape index (κ1) is 12.6. The number of aromatic amines is 1. The van der Waals surface area contributed by atoms with Crippen LogP contribution in [0.15, 0.2) is 16.9 Å². The number of carbonyl (C=O) groups is 1. The molecule has 98 valence electrons. The number of H-pyrrole nitrogens is 1. The van der Waals surface area contributed by atoms with Crippen LogP contribution in [0.5, 0.6) is 5.88 Å². The summed E-state index contributed by atoms with van der Waals surface area (Å²) in [5, 5.41) is 15.4. The van der Waals surface area contributed by atoms with Gasteiger partial charge in [-0.25, -0.2) is 0 Å². The molecule has 2 heterocycles. The van der Waals surface area contributed by atoms with E-state index >= 15 is 0 Å². The zero-order chi connectivity index (χ0) is 13.0. The molecule has 2 rings (SSSR count). The predicted molar refractivity (Wildman–Crippen MR) is 66.7 cm³/mol. The second-order valence-electron chi connectivity index (χ2n) is 4.47. The molecular weight excluding hydrogens is 234 g/mol. The van der Waals surface area contributed by atoms with Crippen LogP contribution in [0.25, 0.3) is 0 Å². The van der Waals surface area contributed by atoms with Gasteiger partial charge in [-0.2, -0.15) is 0 Å². The zero-order valence-electron chi connectivity index (χ0n) is 10.0. The summed E-state index contributed by atoms with van der Waals surface area (Å²) in [6, 6.07) is 2.56. The maximum atomic E-state index is 11.9. The average molecular weight is 251 g/mol. The number of hydrogen-bond acceptors (Lipinski definition) is 4. The molecule has 1 unspecified atom stereocenters. The molecule has 1 aliphatic rings. The van der Waals surface area contributed by atoms with Crippen molar-refractivity contribution >= 4 is 5.91 Å². The van der Waals surface area contributed by atoms with Crippen molar-refractivity contribution < 1.29 is 9.90 Å². The summed E-state index contributed by atoms with van der Waals surface area (Å²) in [5.74, 6) is -0.613. The van der Waals surface area contributed by atoms with Crippen molar-refractivity contribution in [3.8, 4) is 5.88 Å². The molecule has 1 aromatic heterocycles.